The molecule has 122 valence electrons. The Labute approximate surface area is 135 Å². The largest absolute Gasteiger partial charge is 0.491 e. The fourth-order valence-electron chi connectivity index (χ4n) is 3.07. The number of carboxylic acids is 1. The maximum Gasteiger partial charge on any atom is 0.311 e. The van der Waals surface area contributed by atoms with Gasteiger partial charge in [0.25, 0.3) is 0 Å². The number of benzene rings is 1. The van der Waals surface area contributed by atoms with Gasteiger partial charge in [0.2, 0.25) is 0 Å². The zero-order chi connectivity index (χ0) is 16.6. The van der Waals surface area contributed by atoms with Crippen LogP contribution in [-0.4, -0.2) is 35.3 Å². The Morgan fingerprint density at radius 3 is 2.83 bits per heavy atom. The molecule has 2 aromatic rings. The van der Waals surface area contributed by atoms with Crippen molar-refractivity contribution in [2.45, 2.75) is 33.3 Å². The molecular weight excluding hydrogens is 292 g/mol. The van der Waals surface area contributed by atoms with Crippen LogP contribution in [0.4, 0.5) is 5.69 Å². The molecule has 1 atom stereocenters. The second-order valence-electron chi connectivity index (χ2n) is 6.71. The van der Waals surface area contributed by atoms with Crippen LogP contribution >= 0.6 is 0 Å². The third-order valence-corrected chi connectivity index (χ3v) is 4.39. The molecule has 0 aliphatic carbocycles. The van der Waals surface area contributed by atoms with Gasteiger partial charge in [0.05, 0.1) is 17.0 Å². The normalized spacial score (nSPS) is 21.1. The molecule has 0 amide bonds. The van der Waals surface area contributed by atoms with Crippen molar-refractivity contribution in [2.24, 2.45) is 5.41 Å². The lowest BCUT2D eigenvalue weighted by atomic mass is 9.90. The average Bonchev–Trinajstić information content (AvgIpc) is 2.90. The number of carboxylic acid groups (broad SMARTS) is 1. The van der Waals surface area contributed by atoms with Gasteiger partial charge in [0, 0.05) is 30.4 Å². The summed E-state index contributed by atoms with van der Waals surface area (Å²) in [4.78, 5) is 18.0. The van der Waals surface area contributed by atoms with Crippen LogP contribution in [0.3, 0.4) is 0 Å². The fraction of sp³-hybridized carbons (Fsp3) is 0.444. The highest BCUT2D eigenvalue weighted by Crippen LogP contribution is 2.37. The molecule has 5 heteroatoms. The van der Waals surface area contributed by atoms with Crippen LogP contribution in [0.1, 0.15) is 27.2 Å². The Morgan fingerprint density at radius 1 is 1.39 bits per heavy atom. The first-order valence-corrected chi connectivity index (χ1v) is 7.93. The zero-order valence-electron chi connectivity index (χ0n) is 13.7. The summed E-state index contributed by atoms with van der Waals surface area (Å²) in [7, 11) is 0. The summed E-state index contributed by atoms with van der Waals surface area (Å²) < 4.78 is 5.78. The number of nitrogens with zero attached hydrogens (tertiary/aromatic N) is 2. The van der Waals surface area contributed by atoms with E-state index in [1.165, 1.54) is 0 Å². The standard InChI is InChI=1S/C18H22N2O3/c1-12(2)23-13-4-5-15-14(10-13)16(6-8-19-15)20-9-7-18(3,11-20)17(21)22/h4-6,8,10,12H,7,9,11H2,1-3H3,(H,21,22). The number of aliphatic carboxylic acids is 1. The number of anilines is 1. The molecule has 0 bridgehead atoms. The van der Waals surface area contributed by atoms with Crippen molar-refractivity contribution in [1.82, 2.24) is 4.98 Å². The van der Waals surface area contributed by atoms with Gasteiger partial charge in [0.15, 0.2) is 0 Å². The number of aromatic nitrogens is 1. The molecule has 3 rings (SSSR count). The van der Waals surface area contributed by atoms with Crippen LogP contribution in [0, 0.1) is 5.41 Å². The third-order valence-electron chi connectivity index (χ3n) is 4.39. The van der Waals surface area contributed by atoms with Crippen LogP contribution in [0.25, 0.3) is 10.9 Å². The second-order valence-corrected chi connectivity index (χ2v) is 6.71. The quantitative estimate of drug-likeness (QED) is 0.938. The van der Waals surface area contributed by atoms with Gasteiger partial charge in [-0.1, -0.05) is 0 Å². The van der Waals surface area contributed by atoms with Crippen LogP contribution < -0.4 is 9.64 Å². The van der Waals surface area contributed by atoms with Gasteiger partial charge in [-0.2, -0.15) is 0 Å². The molecule has 1 aliphatic heterocycles. The van der Waals surface area contributed by atoms with Crippen molar-refractivity contribution in [3.8, 4) is 5.75 Å². The maximum absolute atomic E-state index is 11.5. The highest BCUT2D eigenvalue weighted by Gasteiger charge is 2.40. The molecule has 2 heterocycles. The summed E-state index contributed by atoms with van der Waals surface area (Å²) in [6.45, 7) is 7.04. The van der Waals surface area contributed by atoms with Crippen molar-refractivity contribution in [2.75, 3.05) is 18.0 Å². The first kappa shape index (κ1) is 15.6. The van der Waals surface area contributed by atoms with E-state index < -0.39 is 11.4 Å². The van der Waals surface area contributed by atoms with Crippen molar-refractivity contribution < 1.29 is 14.6 Å². The number of rotatable bonds is 4. The van der Waals surface area contributed by atoms with Crippen molar-refractivity contribution >= 4 is 22.6 Å². The van der Waals surface area contributed by atoms with Gasteiger partial charge in [-0.05, 0) is 51.5 Å². The molecule has 0 saturated carbocycles. The Kier molecular flexibility index (Phi) is 3.88. The number of ether oxygens (including phenoxy) is 1. The van der Waals surface area contributed by atoms with Gasteiger partial charge < -0.3 is 14.7 Å². The lowest BCUT2D eigenvalue weighted by Gasteiger charge is -2.23. The smallest absolute Gasteiger partial charge is 0.311 e. The predicted molar refractivity (Wildman–Crippen MR) is 90.1 cm³/mol. The molecule has 23 heavy (non-hydrogen) atoms. The monoisotopic (exact) mass is 314 g/mol. The third kappa shape index (κ3) is 2.96. The van der Waals surface area contributed by atoms with E-state index in [9.17, 15) is 9.90 Å². The Morgan fingerprint density at radius 2 is 2.17 bits per heavy atom. The van der Waals surface area contributed by atoms with Crippen LogP contribution in [0.15, 0.2) is 30.5 Å². The van der Waals surface area contributed by atoms with Crippen LogP contribution in [0.5, 0.6) is 5.75 Å². The molecule has 1 saturated heterocycles. The Balaban J connectivity index is 1.99. The average molecular weight is 314 g/mol. The summed E-state index contributed by atoms with van der Waals surface area (Å²) in [5.41, 5.74) is 1.22. The highest BCUT2D eigenvalue weighted by atomic mass is 16.5. The first-order valence-electron chi connectivity index (χ1n) is 7.93. The second kappa shape index (κ2) is 5.72. The maximum atomic E-state index is 11.5. The lowest BCUT2D eigenvalue weighted by Crippen LogP contribution is -2.31. The number of fused-ring (bicyclic) bond motifs is 1. The molecule has 1 aromatic heterocycles. The molecular formula is C18H22N2O3. The van der Waals surface area contributed by atoms with E-state index in [-0.39, 0.29) is 6.10 Å². The zero-order valence-corrected chi connectivity index (χ0v) is 13.7. The highest BCUT2D eigenvalue weighted by molar-refractivity contribution is 5.93. The molecule has 0 radical (unpaired) electrons. The minimum atomic E-state index is -0.734. The number of carbonyl (C=O) groups is 1. The summed E-state index contributed by atoms with van der Waals surface area (Å²) in [6, 6.07) is 7.82. The van der Waals surface area contributed by atoms with E-state index in [2.05, 4.69) is 9.88 Å². The van der Waals surface area contributed by atoms with Crippen LogP contribution in [0.2, 0.25) is 0 Å². The first-order chi connectivity index (χ1) is 10.9. The SMILES string of the molecule is CC(C)Oc1ccc2nccc(N3CCC(C)(C(=O)O)C3)c2c1. The predicted octanol–water partition coefficient (Wildman–Crippen LogP) is 3.32. The van der Waals surface area contributed by atoms with Crippen molar-refractivity contribution in [3.63, 3.8) is 0 Å². The van der Waals surface area contributed by atoms with Gasteiger partial charge >= 0.3 is 5.97 Å². The molecule has 0 spiro atoms. The van der Waals surface area contributed by atoms with E-state index in [1.807, 2.05) is 45.0 Å². The van der Waals surface area contributed by atoms with Gasteiger partial charge in [-0.3, -0.25) is 9.78 Å². The molecule has 1 fully saturated rings. The summed E-state index contributed by atoms with van der Waals surface area (Å²) in [6.07, 6.45) is 2.53. The number of pyridine rings is 1. The van der Waals surface area contributed by atoms with Gasteiger partial charge in [-0.15, -0.1) is 0 Å². The Hall–Kier alpha value is -2.30. The molecule has 1 unspecified atom stereocenters. The lowest BCUT2D eigenvalue weighted by molar-refractivity contribution is -0.146. The molecule has 1 N–H and O–H groups in total. The fourth-order valence-corrected chi connectivity index (χ4v) is 3.07. The van der Waals surface area contributed by atoms with Crippen molar-refractivity contribution in [3.05, 3.63) is 30.5 Å². The van der Waals surface area contributed by atoms with Crippen molar-refractivity contribution in [1.29, 1.82) is 0 Å². The van der Waals surface area contributed by atoms with E-state index in [4.69, 9.17) is 4.74 Å². The van der Waals surface area contributed by atoms with Gasteiger partial charge in [0.1, 0.15) is 5.75 Å². The molecule has 1 aliphatic rings. The minimum Gasteiger partial charge on any atom is -0.491 e. The topological polar surface area (TPSA) is 62.7 Å². The Bertz CT molecular complexity index is 744. The summed E-state index contributed by atoms with van der Waals surface area (Å²) in [5, 5.41) is 10.4. The van der Waals surface area contributed by atoms with E-state index in [1.54, 1.807) is 6.20 Å². The molecule has 5 nitrogen and oxygen atoms in total. The number of hydrogen-bond acceptors (Lipinski definition) is 4. The summed E-state index contributed by atoms with van der Waals surface area (Å²) >= 11 is 0. The number of hydrogen-bond donors (Lipinski definition) is 1. The van der Waals surface area contributed by atoms with Crippen LogP contribution in [-0.2, 0) is 4.79 Å². The van der Waals surface area contributed by atoms with E-state index in [0.29, 0.717) is 13.0 Å². The van der Waals surface area contributed by atoms with E-state index in [0.717, 1.165) is 28.9 Å². The minimum absolute atomic E-state index is 0.106. The summed E-state index contributed by atoms with van der Waals surface area (Å²) in [5.74, 6) is 0.0733. The van der Waals surface area contributed by atoms with E-state index >= 15 is 0 Å². The molecule has 1 aromatic carbocycles. The van der Waals surface area contributed by atoms with Gasteiger partial charge in [-0.25, -0.2) is 0 Å².